The van der Waals surface area contributed by atoms with Crippen molar-refractivity contribution in [1.29, 1.82) is 0 Å². The highest BCUT2D eigenvalue weighted by molar-refractivity contribution is 14.0. The van der Waals surface area contributed by atoms with Gasteiger partial charge in [-0.05, 0) is 47.8 Å². The first-order valence-electron chi connectivity index (χ1n) is 8.27. The molecule has 2 fully saturated rings. The summed E-state index contributed by atoms with van der Waals surface area (Å²) < 4.78 is 12.9. The summed E-state index contributed by atoms with van der Waals surface area (Å²) in [5, 5.41) is 3.41. The van der Waals surface area contributed by atoms with Crippen molar-refractivity contribution in [3.63, 3.8) is 0 Å². The van der Waals surface area contributed by atoms with E-state index in [2.05, 4.69) is 45.2 Å². The Morgan fingerprint density at radius 2 is 2.21 bits per heavy atom. The van der Waals surface area contributed by atoms with E-state index >= 15 is 0 Å². The van der Waals surface area contributed by atoms with Gasteiger partial charge >= 0.3 is 0 Å². The Balaban J connectivity index is 0.00000208. The zero-order chi connectivity index (χ0) is 16.1. The van der Waals surface area contributed by atoms with Crippen LogP contribution in [-0.4, -0.2) is 55.9 Å². The molecule has 0 aromatic carbocycles. The Morgan fingerprint density at radius 3 is 2.88 bits per heavy atom. The Morgan fingerprint density at radius 1 is 1.38 bits per heavy atom. The van der Waals surface area contributed by atoms with Crippen molar-refractivity contribution in [2.75, 3.05) is 32.8 Å². The first kappa shape index (κ1) is 20.4. The van der Waals surface area contributed by atoms with Crippen LogP contribution in [-0.2, 0) is 16.0 Å². The molecule has 0 saturated carbocycles. The summed E-state index contributed by atoms with van der Waals surface area (Å²) in [4.78, 5) is 8.37. The minimum absolute atomic E-state index is 0. The lowest BCUT2D eigenvalue weighted by Crippen LogP contribution is -2.53. The molecule has 0 aliphatic carbocycles. The van der Waals surface area contributed by atoms with Gasteiger partial charge in [-0.15, -0.1) is 35.3 Å². The van der Waals surface area contributed by atoms with Crippen molar-refractivity contribution in [3.8, 4) is 0 Å². The van der Waals surface area contributed by atoms with E-state index in [-0.39, 0.29) is 36.2 Å². The second-order valence-electron chi connectivity index (χ2n) is 5.78. The van der Waals surface area contributed by atoms with Crippen LogP contribution in [0.2, 0.25) is 0 Å². The van der Waals surface area contributed by atoms with Gasteiger partial charge < -0.3 is 19.7 Å². The third-order valence-corrected chi connectivity index (χ3v) is 5.73. The standard InChI is InChI=1S/C16H24BrN3O2S.HI/c1-2-18-16(19-10-12-5-6-15(17)23-12)20-7-9-22-14(11-20)13-4-3-8-21-13;/h5-6,13-14H,2-4,7-11H2,1H3,(H,18,19);1H. The highest BCUT2D eigenvalue weighted by atomic mass is 127. The summed E-state index contributed by atoms with van der Waals surface area (Å²) in [6.07, 6.45) is 2.65. The summed E-state index contributed by atoms with van der Waals surface area (Å²) in [5.41, 5.74) is 0. The molecule has 2 unspecified atom stereocenters. The van der Waals surface area contributed by atoms with E-state index in [1.807, 2.05) is 0 Å². The molecule has 1 aromatic heterocycles. The number of aliphatic imine (C=N–C) groups is 1. The Kier molecular flexibility index (Phi) is 8.76. The Labute approximate surface area is 173 Å². The first-order valence-corrected chi connectivity index (χ1v) is 9.88. The van der Waals surface area contributed by atoms with Crippen LogP contribution in [0.25, 0.3) is 0 Å². The molecule has 1 N–H and O–H groups in total. The lowest BCUT2D eigenvalue weighted by molar-refractivity contribution is -0.0817. The van der Waals surface area contributed by atoms with Gasteiger partial charge in [-0.25, -0.2) is 4.99 Å². The van der Waals surface area contributed by atoms with Gasteiger partial charge in [0.15, 0.2) is 5.96 Å². The second-order valence-corrected chi connectivity index (χ2v) is 8.33. The van der Waals surface area contributed by atoms with Gasteiger partial charge in [0, 0.05) is 31.1 Å². The summed E-state index contributed by atoms with van der Waals surface area (Å²) in [6, 6.07) is 4.20. The number of hydrogen-bond acceptors (Lipinski definition) is 4. The molecule has 0 amide bonds. The van der Waals surface area contributed by atoms with Crippen molar-refractivity contribution in [1.82, 2.24) is 10.2 Å². The molecule has 3 rings (SSSR count). The SMILES string of the molecule is CCNC(=NCc1ccc(Br)s1)N1CCOC(C2CCCO2)C1.I. The summed E-state index contributed by atoms with van der Waals surface area (Å²) in [5.74, 6) is 0.975. The molecule has 0 spiro atoms. The normalized spacial score (nSPS) is 24.8. The summed E-state index contributed by atoms with van der Waals surface area (Å²) in [6.45, 7) is 7.02. The smallest absolute Gasteiger partial charge is 0.194 e. The Hall–Kier alpha value is 0.1000. The van der Waals surface area contributed by atoms with Crippen molar-refractivity contribution >= 4 is 57.2 Å². The minimum atomic E-state index is 0. The van der Waals surface area contributed by atoms with E-state index in [0.29, 0.717) is 6.54 Å². The molecule has 2 aliphatic rings. The number of nitrogens with zero attached hydrogens (tertiary/aromatic N) is 2. The molecule has 1 aromatic rings. The maximum Gasteiger partial charge on any atom is 0.194 e. The molecule has 8 heteroatoms. The number of guanidine groups is 1. The molecule has 2 saturated heterocycles. The topological polar surface area (TPSA) is 46.1 Å². The van der Waals surface area contributed by atoms with Gasteiger partial charge in [0.25, 0.3) is 0 Å². The van der Waals surface area contributed by atoms with Gasteiger partial charge in [0.1, 0.15) is 6.10 Å². The fourth-order valence-electron chi connectivity index (χ4n) is 3.00. The molecule has 5 nitrogen and oxygen atoms in total. The molecule has 24 heavy (non-hydrogen) atoms. The van der Waals surface area contributed by atoms with Crippen LogP contribution in [0.5, 0.6) is 0 Å². The van der Waals surface area contributed by atoms with Gasteiger partial charge in [-0.2, -0.15) is 0 Å². The molecule has 2 atom stereocenters. The third kappa shape index (κ3) is 5.55. The zero-order valence-electron chi connectivity index (χ0n) is 13.9. The minimum Gasteiger partial charge on any atom is -0.375 e. The van der Waals surface area contributed by atoms with Gasteiger partial charge in [0.2, 0.25) is 0 Å². The van der Waals surface area contributed by atoms with E-state index in [0.717, 1.165) is 55.4 Å². The predicted molar refractivity (Wildman–Crippen MR) is 113 cm³/mol. The summed E-state index contributed by atoms with van der Waals surface area (Å²) in [7, 11) is 0. The summed E-state index contributed by atoms with van der Waals surface area (Å²) >= 11 is 5.24. The van der Waals surface area contributed by atoms with Gasteiger partial charge in [-0.1, -0.05) is 0 Å². The largest absolute Gasteiger partial charge is 0.375 e. The van der Waals surface area contributed by atoms with E-state index < -0.39 is 0 Å². The van der Waals surface area contributed by atoms with E-state index in [1.165, 1.54) is 4.88 Å². The van der Waals surface area contributed by atoms with Crippen LogP contribution < -0.4 is 5.32 Å². The molecule has 0 radical (unpaired) electrons. The highest BCUT2D eigenvalue weighted by Gasteiger charge is 2.32. The van der Waals surface area contributed by atoms with Gasteiger partial charge in [0.05, 0.1) is 23.0 Å². The van der Waals surface area contributed by atoms with E-state index in [9.17, 15) is 0 Å². The average molecular weight is 530 g/mol. The van der Waals surface area contributed by atoms with Crippen molar-refractivity contribution in [2.24, 2.45) is 4.99 Å². The average Bonchev–Trinajstić information content (AvgIpc) is 3.23. The lowest BCUT2D eigenvalue weighted by atomic mass is 10.1. The molecular formula is C16H25BrIN3O2S. The number of halogens is 2. The predicted octanol–water partition coefficient (Wildman–Crippen LogP) is 3.47. The molecule has 3 heterocycles. The molecule has 136 valence electrons. The van der Waals surface area contributed by atoms with Gasteiger partial charge in [-0.3, -0.25) is 0 Å². The van der Waals surface area contributed by atoms with Crippen molar-refractivity contribution in [3.05, 3.63) is 20.8 Å². The number of rotatable bonds is 4. The van der Waals surface area contributed by atoms with Crippen LogP contribution in [0, 0.1) is 0 Å². The Bertz CT molecular complexity index is 537. The second kappa shape index (κ2) is 10.3. The maximum atomic E-state index is 5.93. The van der Waals surface area contributed by atoms with Crippen LogP contribution in [0.3, 0.4) is 0 Å². The highest BCUT2D eigenvalue weighted by Crippen LogP contribution is 2.23. The number of nitrogens with one attached hydrogen (secondary N) is 1. The van der Waals surface area contributed by atoms with E-state index in [1.54, 1.807) is 11.3 Å². The zero-order valence-corrected chi connectivity index (χ0v) is 18.6. The fraction of sp³-hybridized carbons (Fsp3) is 0.688. The van der Waals surface area contributed by atoms with Crippen LogP contribution in [0.15, 0.2) is 20.9 Å². The molecule has 2 aliphatic heterocycles. The number of thiophene rings is 1. The fourth-order valence-corrected chi connectivity index (χ4v) is 4.41. The monoisotopic (exact) mass is 529 g/mol. The lowest BCUT2D eigenvalue weighted by Gasteiger charge is -2.37. The quantitative estimate of drug-likeness (QED) is 0.368. The van der Waals surface area contributed by atoms with Crippen LogP contribution >= 0.6 is 51.2 Å². The van der Waals surface area contributed by atoms with Crippen LogP contribution in [0.1, 0.15) is 24.6 Å². The molecular weight excluding hydrogens is 505 g/mol. The van der Waals surface area contributed by atoms with Crippen LogP contribution in [0.4, 0.5) is 0 Å². The first-order chi connectivity index (χ1) is 11.3. The van der Waals surface area contributed by atoms with Crippen molar-refractivity contribution in [2.45, 2.75) is 38.5 Å². The number of hydrogen-bond donors (Lipinski definition) is 1. The molecule has 0 bridgehead atoms. The third-order valence-electron chi connectivity index (χ3n) is 4.12. The maximum absolute atomic E-state index is 5.93. The van der Waals surface area contributed by atoms with Crippen molar-refractivity contribution < 1.29 is 9.47 Å². The van der Waals surface area contributed by atoms with E-state index in [4.69, 9.17) is 14.5 Å². The number of morpholine rings is 1. The number of ether oxygens (including phenoxy) is 2.